The number of nitrogens with one attached hydrogen (secondary N) is 2. The normalized spacial score (nSPS) is 15.8. The summed E-state index contributed by atoms with van der Waals surface area (Å²) >= 11 is 0. The average Bonchev–Trinajstić information content (AvgIpc) is 2.58. The summed E-state index contributed by atoms with van der Waals surface area (Å²) in [7, 11) is 0. The molecule has 1 saturated carbocycles. The molecular formula is C17H20F3N5. The number of halogens is 3. The Labute approximate surface area is 143 Å². The summed E-state index contributed by atoms with van der Waals surface area (Å²) in [5, 5.41) is 6.24. The Hall–Kier alpha value is -2.51. The fourth-order valence-corrected chi connectivity index (χ4v) is 2.87. The zero-order valence-corrected chi connectivity index (χ0v) is 13.6. The van der Waals surface area contributed by atoms with Crippen LogP contribution < -0.4 is 16.4 Å². The average molecular weight is 351 g/mol. The molecule has 0 spiro atoms. The number of alkyl halides is 3. The second-order valence-corrected chi connectivity index (χ2v) is 6.18. The van der Waals surface area contributed by atoms with Crippen LogP contribution in [-0.4, -0.2) is 16.0 Å². The molecule has 4 N–H and O–H groups in total. The van der Waals surface area contributed by atoms with E-state index in [1.54, 1.807) is 0 Å². The number of anilines is 4. The third kappa shape index (κ3) is 4.52. The molecule has 5 nitrogen and oxygen atoms in total. The molecule has 1 fully saturated rings. The second kappa shape index (κ2) is 7.16. The van der Waals surface area contributed by atoms with Gasteiger partial charge in [0, 0.05) is 11.7 Å². The van der Waals surface area contributed by atoms with Crippen molar-refractivity contribution in [3.05, 3.63) is 36.0 Å². The smallest absolute Gasteiger partial charge is 0.394 e. The van der Waals surface area contributed by atoms with Crippen LogP contribution in [-0.2, 0) is 6.18 Å². The molecule has 1 aliphatic rings. The van der Waals surface area contributed by atoms with E-state index >= 15 is 0 Å². The van der Waals surface area contributed by atoms with Crippen molar-refractivity contribution in [2.75, 3.05) is 16.4 Å². The minimum Gasteiger partial charge on any atom is -0.394 e. The zero-order chi connectivity index (χ0) is 17.9. The van der Waals surface area contributed by atoms with E-state index in [9.17, 15) is 13.2 Å². The van der Waals surface area contributed by atoms with E-state index in [2.05, 4.69) is 20.6 Å². The molecule has 0 amide bonds. The number of hydrogen-bond acceptors (Lipinski definition) is 5. The highest BCUT2D eigenvalue weighted by Gasteiger charge is 2.29. The lowest BCUT2D eigenvalue weighted by Gasteiger charge is -2.23. The molecule has 0 radical (unpaired) electrons. The Morgan fingerprint density at radius 2 is 1.72 bits per heavy atom. The number of rotatable bonds is 4. The summed E-state index contributed by atoms with van der Waals surface area (Å²) in [6, 6.07) is 5.07. The van der Waals surface area contributed by atoms with Crippen LogP contribution in [0.4, 0.5) is 36.3 Å². The monoisotopic (exact) mass is 351 g/mol. The van der Waals surface area contributed by atoms with Gasteiger partial charge in [-0.2, -0.15) is 18.2 Å². The van der Waals surface area contributed by atoms with Crippen molar-refractivity contribution in [3.8, 4) is 0 Å². The first-order chi connectivity index (χ1) is 11.9. The molecule has 1 aliphatic carbocycles. The van der Waals surface area contributed by atoms with Gasteiger partial charge in [-0.3, -0.25) is 0 Å². The van der Waals surface area contributed by atoms with Gasteiger partial charge in [0.25, 0.3) is 0 Å². The number of nitrogens with zero attached hydrogens (tertiary/aromatic N) is 2. The highest BCUT2D eigenvalue weighted by Crippen LogP contribution is 2.31. The maximum Gasteiger partial charge on any atom is 0.416 e. The van der Waals surface area contributed by atoms with Gasteiger partial charge in [0.1, 0.15) is 0 Å². The van der Waals surface area contributed by atoms with Crippen molar-refractivity contribution in [3.63, 3.8) is 0 Å². The van der Waals surface area contributed by atoms with Gasteiger partial charge < -0.3 is 16.4 Å². The molecular weight excluding hydrogens is 331 g/mol. The lowest BCUT2D eigenvalue weighted by molar-refractivity contribution is -0.137. The Morgan fingerprint density at radius 3 is 2.36 bits per heavy atom. The molecule has 0 saturated heterocycles. The van der Waals surface area contributed by atoms with E-state index in [0.717, 1.165) is 25.0 Å². The predicted octanol–water partition coefficient (Wildman–Crippen LogP) is 4.57. The standard InChI is InChI=1S/C17H20F3N5/c18-17(19,20)11-6-8-13(9-7-11)23-15-14(21)10-22-16(25-15)24-12-4-2-1-3-5-12/h6-10,12H,1-5,21H2,(H2,22,23,24,25). The molecule has 134 valence electrons. The summed E-state index contributed by atoms with van der Waals surface area (Å²) in [5.74, 6) is 0.837. The number of benzene rings is 1. The molecule has 0 atom stereocenters. The van der Waals surface area contributed by atoms with E-state index in [4.69, 9.17) is 5.73 Å². The van der Waals surface area contributed by atoms with Crippen LogP contribution in [0.25, 0.3) is 0 Å². The number of aromatic nitrogens is 2. The third-order valence-corrected chi connectivity index (χ3v) is 4.23. The summed E-state index contributed by atoms with van der Waals surface area (Å²) in [5.41, 5.74) is 5.98. The van der Waals surface area contributed by atoms with Gasteiger partial charge >= 0.3 is 6.18 Å². The fraction of sp³-hybridized carbons (Fsp3) is 0.412. The van der Waals surface area contributed by atoms with Crippen LogP contribution in [0.3, 0.4) is 0 Å². The first-order valence-electron chi connectivity index (χ1n) is 8.25. The van der Waals surface area contributed by atoms with Crippen LogP contribution >= 0.6 is 0 Å². The number of hydrogen-bond donors (Lipinski definition) is 3. The van der Waals surface area contributed by atoms with Crippen molar-refractivity contribution < 1.29 is 13.2 Å². The van der Waals surface area contributed by atoms with Gasteiger partial charge in [0.05, 0.1) is 17.4 Å². The molecule has 25 heavy (non-hydrogen) atoms. The summed E-state index contributed by atoms with van der Waals surface area (Å²) < 4.78 is 37.9. The van der Waals surface area contributed by atoms with Crippen LogP contribution in [0.1, 0.15) is 37.7 Å². The topological polar surface area (TPSA) is 75.9 Å². The minimum absolute atomic E-state index is 0.328. The SMILES string of the molecule is Nc1cnc(NC2CCCCC2)nc1Nc1ccc(C(F)(F)F)cc1. The van der Waals surface area contributed by atoms with E-state index in [1.165, 1.54) is 37.6 Å². The Balaban J connectivity index is 1.72. The van der Waals surface area contributed by atoms with E-state index in [-0.39, 0.29) is 0 Å². The quantitative estimate of drug-likeness (QED) is 0.752. The van der Waals surface area contributed by atoms with Gasteiger partial charge in [-0.1, -0.05) is 19.3 Å². The van der Waals surface area contributed by atoms with Gasteiger partial charge in [-0.05, 0) is 37.1 Å². The molecule has 0 aliphatic heterocycles. The van der Waals surface area contributed by atoms with Crippen LogP contribution in [0, 0.1) is 0 Å². The van der Waals surface area contributed by atoms with Crippen LogP contribution in [0.5, 0.6) is 0 Å². The van der Waals surface area contributed by atoms with Gasteiger partial charge in [-0.25, -0.2) is 4.98 Å². The molecule has 0 unspecified atom stereocenters. The summed E-state index contributed by atoms with van der Waals surface area (Å²) in [6.45, 7) is 0. The zero-order valence-electron chi connectivity index (χ0n) is 13.6. The van der Waals surface area contributed by atoms with E-state index < -0.39 is 11.7 Å². The van der Waals surface area contributed by atoms with E-state index in [1.807, 2.05) is 0 Å². The van der Waals surface area contributed by atoms with Crippen molar-refractivity contribution in [1.82, 2.24) is 9.97 Å². The molecule has 1 aromatic carbocycles. The number of nitrogen functional groups attached to an aromatic ring is 1. The summed E-state index contributed by atoms with van der Waals surface area (Å²) in [6.07, 6.45) is 2.91. The highest BCUT2D eigenvalue weighted by atomic mass is 19.4. The number of nitrogens with two attached hydrogens (primary N) is 1. The third-order valence-electron chi connectivity index (χ3n) is 4.23. The summed E-state index contributed by atoms with van der Waals surface area (Å²) in [4.78, 5) is 8.54. The maximum atomic E-state index is 12.6. The van der Waals surface area contributed by atoms with Crippen molar-refractivity contribution >= 4 is 23.1 Å². The highest BCUT2D eigenvalue weighted by molar-refractivity contribution is 5.69. The Kier molecular flexibility index (Phi) is 4.96. The first kappa shape index (κ1) is 17.3. The van der Waals surface area contributed by atoms with Crippen molar-refractivity contribution in [2.45, 2.75) is 44.3 Å². The largest absolute Gasteiger partial charge is 0.416 e. The lowest BCUT2D eigenvalue weighted by atomic mass is 9.96. The second-order valence-electron chi connectivity index (χ2n) is 6.18. The van der Waals surface area contributed by atoms with Crippen molar-refractivity contribution in [1.29, 1.82) is 0 Å². The van der Waals surface area contributed by atoms with Crippen LogP contribution in [0.2, 0.25) is 0 Å². The first-order valence-corrected chi connectivity index (χ1v) is 8.25. The maximum absolute atomic E-state index is 12.6. The fourth-order valence-electron chi connectivity index (χ4n) is 2.87. The van der Waals surface area contributed by atoms with Crippen molar-refractivity contribution in [2.24, 2.45) is 0 Å². The Bertz CT molecular complexity index is 709. The lowest BCUT2D eigenvalue weighted by Crippen LogP contribution is -2.23. The molecule has 1 aromatic heterocycles. The molecule has 0 bridgehead atoms. The Morgan fingerprint density at radius 1 is 1.04 bits per heavy atom. The predicted molar refractivity (Wildman–Crippen MR) is 91.7 cm³/mol. The minimum atomic E-state index is -4.36. The molecule has 8 heteroatoms. The van der Waals surface area contributed by atoms with Gasteiger partial charge in [0.2, 0.25) is 5.95 Å². The van der Waals surface area contributed by atoms with Crippen LogP contribution in [0.15, 0.2) is 30.5 Å². The molecule has 3 rings (SSSR count). The van der Waals surface area contributed by atoms with E-state index in [0.29, 0.717) is 29.2 Å². The van der Waals surface area contributed by atoms with Gasteiger partial charge in [-0.15, -0.1) is 0 Å². The van der Waals surface area contributed by atoms with Gasteiger partial charge in [0.15, 0.2) is 5.82 Å². The molecule has 1 heterocycles. The molecule has 2 aromatic rings.